The van der Waals surface area contributed by atoms with Gasteiger partial charge in [0.15, 0.2) is 0 Å². The largest absolute Gasteiger partial charge is 0.550 e. The summed E-state index contributed by atoms with van der Waals surface area (Å²) in [5, 5.41) is 0. The van der Waals surface area contributed by atoms with Crippen LogP contribution in [0.5, 0.6) is 0 Å². The first-order valence-corrected chi connectivity index (χ1v) is 9.70. The Labute approximate surface area is 97.0 Å². The smallest absolute Gasteiger partial charge is 0.241 e. The van der Waals surface area contributed by atoms with Crippen LogP contribution in [-0.4, -0.2) is 8.32 Å². The van der Waals surface area contributed by atoms with Crippen molar-refractivity contribution in [2.24, 2.45) is 0 Å². The van der Waals surface area contributed by atoms with Crippen LogP contribution in [0.4, 0.5) is 0 Å². The van der Waals surface area contributed by atoms with Gasteiger partial charge in [0.1, 0.15) is 0 Å². The Morgan fingerprint density at radius 1 is 1.07 bits per heavy atom. The zero-order valence-corrected chi connectivity index (χ0v) is 12.2. The van der Waals surface area contributed by atoms with Gasteiger partial charge in [-0.15, -0.1) is 0 Å². The second-order valence-corrected chi connectivity index (χ2v) is 9.82. The van der Waals surface area contributed by atoms with Crippen LogP contribution in [0.1, 0.15) is 52.4 Å². The molecule has 0 aromatic rings. The summed E-state index contributed by atoms with van der Waals surface area (Å²) < 4.78 is 5.75. The Morgan fingerprint density at radius 3 is 2.20 bits per heavy atom. The van der Waals surface area contributed by atoms with E-state index in [1.54, 1.807) is 0 Å². The molecular formula is C13H28OSi. The molecule has 0 saturated heterocycles. The molecule has 0 radical (unpaired) electrons. The van der Waals surface area contributed by atoms with E-state index in [9.17, 15) is 0 Å². The lowest BCUT2D eigenvalue weighted by atomic mass is 10.1. The molecule has 0 unspecified atom stereocenters. The van der Waals surface area contributed by atoms with Gasteiger partial charge in [-0.25, -0.2) is 0 Å². The molecule has 0 aliphatic carbocycles. The minimum atomic E-state index is -1.36. The molecule has 15 heavy (non-hydrogen) atoms. The van der Waals surface area contributed by atoms with Gasteiger partial charge in [-0.05, 0) is 45.0 Å². The van der Waals surface area contributed by atoms with Gasteiger partial charge in [0, 0.05) is 0 Å². The summed E-state index contributed by atoms with van der Waals surface area (Å²) in [5.74, 6) is 0. The highest BCUT2D eigenvalue weighted by Gasteiger charge is 2.13. The molecule has 0 aliphatic rings. The molecule has 0 atom stereocenters. The standard InChI is InChI=1S/C13H28OSi/c1-6-7-8-9-10-11-13(2)12-14-15(3,4)5/h12H,6-11H2,1-5H3/b13-12+. The topological polar surface area (TPSA) is 9.23 Å². The summed E-state index contributed by atoms with van der Waals surface area (Å²) in [6.45, 7) is 11.1. The molecule has 0 aromatic carbocycles. The minimum Gasteiger partial charge on any atom is -0.550 e. The third-order valence-electron chi connectivity index (χ3n) is 2.29. The summed E-state index contributed by atoms with van der Waals surface area (Å²) in [5.41, 5.74) is 1.40. The average Bonchev–Trinajstić information content (AvgIpc) is 2.13. The van der Waals surface area contributed by atoms with Crippen LogP contribution in [0.15, 0.2) is 11.8 Å². The van der Waals surface area contributed by atoms with Crippen LogP contribution in [0.3, 0.4) is 0 Å². The summed E-state index contributed by atoms with van der Waals surface area (Å²) in [7, 11) is -1.36. The number of hydrogen-bond donors (Lipinski definition) is 0. The van der Waals surface area contributed by atoms with Crippen molar-refractivity contribution in [1.29, 1.82) is 0 Å². The lowest BCUT2D eigenvalue weighted by molar-refractivity contribution is 0.469. The second-order valence-electron chi connectivity index (χ2n) is 5.36. The van der Waals surface area contributed by atoms with Crippen LogP contribution >= 0.6 is 0 Å². The van der Waals surface area contributed by atoms with Crippen LogP contribution in [0, 0.1) is 0 Å². The van der Waals surface area contributed by atoms with Crippen molar-refractivity contribution in [3.63, 3.8) is 0 Å². The quantitative estimate of drug-likeness (QED) is 0.319. The number of unbranched alkanes of at least 4 members (excludes halogenated alkanes) is 4. The lowest BCUT2D eigenvalue weighted by Crippen LogP contribution is -2.22. The Bertz CT molecular complexity index is 179. The maximum Gasteiger partial charge on any atom is 0.241 e. The Balaban J connectivity index is 3.51. The maximum atomic E-state index is 5.75. The van der Waals surface area contributed by atoms with Gasteiger partial charge >= 0.3 is 0 Å². The van der Waals surface area contributed by atoms with E-state index in [1.165, 1.54) is 44.1 Å². The fraction of sp³-hybridized carbons (Fsp3) is 0.846. The van der Waals surface area contributed by atoms with Gasteiger partial charge in [0.2, 0.25) is 8.32 Å². The molecule has 0 N–H and O–H groups in total. The van der Waals surface area contributed by atoms with Crippen molar-refractivity contribution in [2.75, 3.05) is 0 Å². The number of hydrogen-bond acceptors (Lipinski definition) is 1. The first kappa shape index (κ1) is 14.8. The van der Waals surface area contributed by atoms with Crippen molar-refractivity contribution >= 4 is 8.32 Å². The first-order chi connectivity index (χ1) is 6.95. The fourth-order valence-electron chi connectivity index (χ4n) is 1.34. The predicted octanol–water partition coefficient (Wildman–Crippen LogP) is 5.10. The molecule has 0 aromatic heterocycles. The highest BCUT2D eigenvalue weighted by molar-refractivity contribution is 6.69. The normalized spacial score (nSPS) is 13.0. The molecule has 1 nitrogen and oxygen atoms in total. The van der Waals surface area contributed by atoms with Crippen molar-refractivity contribution in [3.05, 3.63) is 11.8 Å². The van der Waals surface area contributed by atoms with Crippen LogP contribution < -0.4 is 0 Å². The SMILES string of the molecule is CCCCCCC/C(C)=C/O[Si](C)(C)C. The van der Waals surface area contributed by atoms with E-state index < -0.39 is 8.32 Å². The molecule has 0 amide bonds. The molecule has 0 heterocycles. The van der Waals surface area contributed by atoms with E-state index >= 15 is 0 Å². The fourth-order valence-corrected chi connectivity index (χ4v) is 1.90. The first-order valence-electron chi connectivity index (χ1n) is 6.29. The Morgan fingerprint density at radius 2 is 1.67 bits per heavy atom. The molecule has 0 rings (SSSR count). The lowest BCUT2D eigenvalue weighted by Gasteiger charge is -2.16. The Hall–Kier alpha value is -0.243. The van der Waals surface area contributed by atoms with Crippen LogP contribution in [-0.2, 0) is 4.43 Å². The zero-order chi connectivity index (χ0) is 11.7. The minimum absolute atomic E-state index is 1.20. The predicted molar refractivity (Wildman–Crippen MR) is 71.6 cm³/mol. The number of rotatable bonds is 8. The van der Waals surface area contributed by atoms with Gasteiger partial charge in [-0.1, -0.05) is 32.6 Å². The molecule has 0 bridgehead atoms. The van der Waals surface area contributed by atoms with Crippen molar-refractivity contribution < 1.29 is 4.43 Å². The molecule has 0 saturated carbocycles. The monoisotopic (exact) mass is 228 g/mol. The van der Waals surface area contributed by atoms with E-state index in [-0.39, 0.29) is 0 Å². The van der Waals surface area contributed by atoms with Crippen molar-refractivity contribution in [2.45, 2.75) is 72.0 Å². The third-order valence-corrected chi connectivity index (χ3v) is 3.11. The summed E-state index contributed by atoms with van der Waals surface area (Å²) in [6, 6.07) is 0. The van der Waals surface area contributed by atoms with Gasteiger partial charge in [-0.3, -0.25) is 0 Å². The van der Waals surface area contributed by atoms with E-state index in [4.69, 9.17) is 4.43 Å². The van der Waals surface area contributed by atoms with E-state index in [1.807, 2.05) is 6.26 Å². The second kappa shape index (κ2) is 7.97. The van der Waals surface area contributed by atoms with Crippen LogP contribution in [0.2, 0.25) is 19.6 Å². The van der Waals surface area contributed by atoms with Gasteiger partial charge in [0.25, 0.3) is 0 Å². The van der Waals surface area contributed by atoms with Crippen molar-refractivity contribution in [1.82, 2.24) is 0 Å². The van der Waals surface area contributed by atoms with Gasteiger partial charge in [0.05, 0.1) is 6.26 Å². The molecule has 0 aliphatic heterocycles. The third kappa shape index (κ3) is 11.7. The molecular weight excluding hydrogens is 200 g/mol. The van der Waals surface area contributed by atoms with Gasteiger partial charge in [-0.2, -0.15) is 0 Å². The Kier molecular flexibility index (Phi) is 7.84. The summed E-state index contributed by atoms with van der Waals surface area (Å²) >= 11 is 0. The molecule has 90 valence electrons. The zero-order valence-electron chi connectivity index (χ0n) is 11.2. The highest BCUT2D eigenvalue weighted by Crippen LogP contribution is 2.12. The summed E-state index contributed by atoms with van der Waals surface area (Å²) in [6.07, 6.45) is 9.98. The van der Waals surface area contributed by atoms with Crippen molar-refractivity contribution in [3.8, 4) is 0 Å². The van der Waals surface area contributed by atoms with E-state index in [0.29, 0.717) is 0 Å². The van der Waals surface area contributed by atoms with E-state index in [2.05, 4.69) is 33.5 Å². The molecule has 0 spiro atoms. The maximum absolute atomic E-state index is 5.75. The molecule has 2 heteroatoms. The van der Waals surface area contributed by atoms with Gasteiger partial charge < -0.3 is 4.43 Å². The highest BCUT2D eigenvalue weighted by atomic mass is 28.4. The van der Waals surface area contributed by atoms with Crippen LogP contribution in [0.25, 0.3) is 0 Å². The molecule has 0 fully saturated rings. The number of allylic oxidation sites excluding steroid dienone is 1. The average molecular weight is 228 g/mol. The summed E-state index contributed by atoms with van der Waals surface area (Å²) in [4.78, 5) is 0. The van der Waals surface area contributed by atoms with E-state index in [0.717, 1.165) is 0 Å².